The summed E-state index contributed by atoms with van der Waals surface area (Å²) < 4.78 is 60.6. The molecule has 0 saturated carbocycles. The molecule has 4 rings (SSSR count). The third kappa shape index (κ3) is 5.66. The summed E-state index contributed by atoms with van der Waals surface area (Å²) in [5.41, 5.74) is -1.18. The Hall–Kier alpha value is -3.03. The number of nitrogens with zero attached hydrogens (tertiary/aromatic N) is 1. The molecule has 1 N–H and O–H groups in total. The summed E-state index contributed by atoms with van der Waals surface area (Å²) in [6.07, 6.45) is -2.76. The van der Waals surface area contributed by atoms with E-state index in [1.165, 1.54) is 11.0 Å². The number of alkyl halides is 3. The van der Waals surface area contributed by atoms with Crippen LogP contribution in [0.3, 0.4) is 0 Å². The Morgan fingerprint density at radius 2 is 1.92 bits per heavy atom. The summed E-state index contributed by atoms with van der Waals surface area (Å²) >= 11 is 12.3. The van der Waals surface area contributed by atoms with E-state index < -0.39 is 35.2 Å². The maximum atomic E-state index is 13.9. The van der Waals surface area contributed by atoms with E-state index in [2.05, 4.69) is 0 Å². The van der Waals surface area contributed by atoms with Gasteiger partial charge in [0, 0.05) is 16.3 Å². The number of carbonyl (C=O) groups is 1. The molecular formula is C29H25Cl2F4NO3. The largest absolute Gasteiger partial charge is 0.487 e. The van der Waals surface area contributed by atoms with Gasteiger partial charge in [0.15, 0.2) is 5.83 Å². The van der Waals surface area contributed by atoms with Crippen molar-refractivity contribution in [2.24, 2.45) is 0 Å². The van der Waals surface area contributed by atoms with Crippen molar-refractivity contribution in [2.45, 2.75) is 50.5 Å². The first-order valence-corrected chi connectivity index (χ1v) is 12.9. The summed E-state index contributed by atoms with van der Waals surface area (Å²) in [4.78, 5) is 15.3. The maximum absolute atomic E-state index is 13.9. The van der Waals surface area contributed by atoms with Crippen molar-refractivity contribution in [1.82, 2.24) is 4.90 Å². The number of amides is 1. The minimum atomic E-state index is -5.27. The van der Waals surface area contributed by atoms with Crippen LogP contribution in [0.4, 0.5) is 17.6 Å². The summed E-state index contributed by atoms with van der Waals surface area (Å²) in [7, 11) is 0. The van der Waals surface area contributed by atoms with E-state index in [1.54, 1.807) is 44.2 Å². The number of benzene rings is 2. The second kappa shape index (κ2) is 11.2. The van der Waals surface area contributed by atoms with Crippen molar-refractivity contribution in [3.63, 3.8) is 0 Å². The molecule has 0 radical (unpaired) electrons. The zero-order chi connectivity index (χ0) is 28.5. The number of allylic oxidation sites excluding steroid dienone is 2. The molecule has 10 heteroatoms. The van der Waals surface area contributed by atoms with Gasteiger partial charge >= 0.3 is 6.18 Å². The first-order chi connectivity index (χ1) is 18.4. The van der Waals surface area contributed by atoms with Gasteiger partial charge in [0.25, 0.3) is 5.60 Å². The fraction of sp³-hybridized carbons (Fsp3) is 0.310. The van der Waals surface area contributed by atoms with Crippen LogP contribution < -0.4 is 4.74 Å². The SMILES string of the molecule is C/C=C1\C(=C/C2=C=C(F)C2(O)C(F)(F)F)CC[C@H](Oc2ccc(Cl)cc2Cl)CN1C(=O)[C@@H](C)c1ccccc1. The molecule has 1 amide bonds. The van der Waals surface area contributed by atoms with Gasteiger partial charge in [-0.1, -0.05) is 65.3 Å². The van der Waals surface area contributed by atoms with Gasteiger partial charge in [-0.2, -0.15) is 17.6 Å². The van der Waals surface area contributed by atoms with Gasteiger partial charge in [-0.25, -0.2) is 0 Å². The molecule has 2 aliphatic rings. The van der Waals surface area contributed by atoms with Gasteiger partial charge in [0.2, 0.25) is 5.91 Å². The Balaban J connectivity index is 1.74. The number of ether oxygens (including phenoxy) is 1. The fourth-order valence-corrected chi connectivity index (χ4v) is 5.07. The highest BCUT2D eigenvalue weighted by Crippen LogP contribution is 2.48. The molecule has 1 saturated heterocycles. The van der Waals surface area contributed by atoms with Crippen LogP contribution in [0.1, 0.15) is 38.2 Å². The Morgan fingerprint density at radius 3 is 2.51 bits per heavy atom. The highest BCUT2D eigenvalue weighted by atomic mass is 35.5. The third-order valence-electron chi connectivity index (χ3n) is 6.82. The lowest BCUT2D eigenvalue weighted by atomic mass is 9.82. The lowest BCUT2D eigenvalue weighted by molar-refractivity contribution is -0.237. The number of likely N-dealkylation sites (tertiary alicyclic amines) is 1. The highest BCUT2D eigenvalue weighted by molar-refractivity contribution is 6.35. The molecule has 3 atom stereocenters. The van der Waals surface area contributed by atoms with Gasteiger partial charge in [0.1, 0.15) is 11.9 Å². The van der Waals surface area contributed by atoms with E-state index in [0.29, 0.717) is 22.0 Å². The summed E-state index contributed by atoms with van der Waals surface area (Å²) in [5, 5.41) is 10.8. The molecule has 2 aromatic rings. The average Bonchev–Trinajstić information content (AvgIpc) is 3.07. The summed E-state index contributed by atoms with van der Waals surface area (Å²) in [5.74, 6) is -2.37. The standard InChI is InChI=1S/C29H25Cl2F4NO3/c1-3-24-19(13-20-14-26(32)28(20,38)29(33,34)35)9-11-22(39-25-12-10-21(30)15-23(25)31)16-36(24)27(37)17(2)18-7-5-4-6-8-18/h3-8,10,12-13,15,17,22,38H,9,11,16H2,1-2H3/b19-13-,24-3+/t17-,22-,28?/m0/s1. The highest BCUT2D eigenvalue weighted by Gasteiger charge is 2.63. The van der Waals surface area contributed by atoms with Gasteiger partial charge < -0.3 is 14.7 Å². The number of rotatable bonds is 5. The van der Waals surface area contributed by atoms with Crippen molar-refractivity contribution in [3.8, 4) is 5.75 Å². The van der Waals surface area contributed by atoms with Crippen LogP contribution in [-0.4, -0.2) is 40.3 Å². The lowest BCUT2D eigenvalue weighted by Crippen LogP contribution is -2.50. The van der Waals surface area contributed by atoms with E-state index in [0.717, 1.165) is 11.6 Å². The Kier molecular flexibility index (Phi) is 8.33. The van der Waals surface area contributed by atoms with Crippen molar-refractivity contribution in [3.05, 3.63) is 105 Å². The summed E-state index contributed by atoms with van der Waals surface area (Å²) in [6.45, 7) is 3.45. The molecule has 2 aromatic carbocycles. The van der Waals surface area contributed by atoms with Crippen LogP contribution in [0.25, 0.3) is 0 Å². The van der Waals surface area contributed by atoms with Crippen molar-refractivity contribution in [1.29, 1.82) is 0 Å². The topological polar surface area (TPSA) is 49.8 Å². The number of carbonyl (C=O) groups excluding carboxylic acids is 1. The smallest absolute Gasteiger partial charge is 0.429 e. The minimum Gasteiger partial charge on any atom is -0.487 e. The zero-order valence-electron chi connectivity index (χ0n) is 21.0. The molecule has 1 unspecified atom stereocenters. The normalized spacial score (nSPS) is 24.5. The van der Waals surface area contributed by atoms with Gasteiger partial charge in [-0.05, 0) is 62.1 Å². The Morgan fingerprint density at radius 1 is 1.23 bits per heavy atom. The Labute approximate surface area is 233 Å². The molecule has 1 heterocycles. The second-order valence-electron chi connectivity index (χ2n) is 9.34. The van der Waals surface area contributed by atoms with Gasteiger partial charge in [-0.15, -0.1) is 0 Å². The van der Waals surface area contributed by atoms with Crippen molar-refractivity contribution >= 4 is 29.1 Å². The van der Waals surface area contributed by atoms with E-state index in [-0.39, 0.29) is 30.3 Å². The first-order valence-electron chi connectivity index (χ1n) is 12.2. The van der Waals surface area contributed by atoms with Crippen LogP contribution in [0.2, 0.25) is 10.0 Å². The molecule has 39 heavy (non-hydrogen) atoms. The summed E-state index contributed by atoms with van der Waals surface area (Å²) in [6, 6.07) is 13.8. The van der Waals surface area contributed by atoms with Crippen molar-refractivity contribution in [2.75, 3.05) is 6.54 Å². The molecule has 1 aliphatic heterocycles. The monoisotopic (exact) mass is 581 g/mol. The average molecular weight is 582 g/mol. The van der Waals surface area contributed by atoms with Crippen LogP contribution in [0.15, 0.2) is 89.1 Å². The minimum absolute atomic E-state index is 0.0682. The predicted octanol–water partition coefficient (Wildman–Crippen LogP) is 7.68. The molecule has 0 bridgehead atoms. The van der Waals surface area contributed by atoms with E-state index >= 15 is 0 Å². The van der Waals surface area contributed by atoms with Crippen LogP contribution >= 0.6 is 23.2 Å². The molecule has 1 aliphatic carbocycles. The van der Waals surface area contributed by atoms with E-state index in [1.807, 2.05) is 23.9 Å². The Bertz CT molecular complexity index is 1400. The number of halogens is 6. The van der Waals surface area contributed by atoms with Crippen LogP contribution in [-0.2, 0) is 4.79 Å². The predicted molar refractivity (Wildman–Crippen MR) is 141 cm³/mol. The molecule has 4 nitrogen and oxygen atoms in total. The molecule has 0 aromatic heterocycles. The number of hydrogen-bond donors (Lipinski definition) is 1. The van der Waals surface area contributed by atoms with Gasteiger partial charge in [0.05, 0.1) is 17.5 Å². The van der Waals surface area contributed by atoms with Gasteiger partial charge in [-0.3, -0.25) is 4.79 Å². The maximum Gasteiger partial charge on any atom is 0.429 e. The molecular weight excluding hydrogens is 557 g/mol. The zero-order valence-corrected chi connectivity index (χ0v) is 22.5. The van der Waals surface area contributed by atoms with E-state index in [9.17, 15) is 27.5 Å². The molecule has 0 spiro atoms. The molecule has 206 valence electrons. The van der Waals surface area contributed by atoms with Crippen molar-refractivity contribution < 1.29 is 32.2 Å². The fourth-order valence-electron chi connectivity index (χ4n) is 4.62. The van der Waals surface area contributed by atoms with E-state index in [4.69, 9.17) is 27.9 Å². The second-order valence-corrected chi connectivity index (χ2v) is 10.2. The quantitative estimate of drug-likeness (QED) is 0.291. The molecule has 1 fully saturated rings. The van der Waals surface area contributed by atoms with Crippen LogP contribution in [0, 0.1) is 0 Å². The first kappa shape index (κ1) is 29.0. The lowest BCUT2D eigenvalue weighted by Gasteiger charge is -2.34. The number of aliphatic hydroxyl groups is 1. The third-order valence-corrected chi connectivity index (χ3v) is 7.35. The number of hydrogen-bond acceptors (Lipinski definition) is 3. The van der Waals surface area contributed by atoms with Crippen LogP contribution in [0.5, 0.6) is 5.75 Å².